The third-order valence-corrected chi connectivity index (χ3v) is 6.73. The van der Waals surface area contributed by atoms with E-state index < -0.39 is 11.6 Å². The van der Waals surface area contributed by atoms with Crippen molar-refractivity contribution in [3.8, 4) is 0 Å². The lowest BCUT2D eigenvalue weighted by Gasteiger charge is -2.40. The maximum absolute atomic E-state index is 13.0. The van der Waals surface area contributed by atoms with Crippen molar-refractivity contribution in [3.63, 3.8) is 0 Å². The van der Waals surface area contributed by atoms with Gasteiger partial charge in [0, 0.05) is 12.6 Å². The Hall–Kier alpha value is -1.59. The second-order valence-electron chi connectivity index (χ2n) is 9.48. The molecule has 0 aromatic heterocycles. The molecule has 3 aliphatic rings. The van der Waals surface area contributed by atoms with Crippen LogP contribution in [-0.4, -0.2) is 52.3 Å². The van der Waals surface area contributed by atoms with E-state index in [0.717, 1.165) is 43.5 Å². The smallest absolute Gasteiger partial charge is 0.325 e. The summed E-state index contributed by atoms with van der Waals surface area (Å²) < 4.78 is 0. The van der Waals surface area contributed by atoms with E-state index in [9.17, 15) is 14.4 Å². The number of carbonyl (C=O) groups is 3. The Morgan fingerprint density at radius 1 is 1.15 bits per heavy atom. The maximum atomic E-state index is 13.0. The number of nitrogens with zero attached hydrogens (tertiary/aromatic N) is 2. The van der Waals surface area contributed by atoms with E-state index in [1.807, 2.05) is 11.8 Å². The van der Waals surface area contributed by atoms with E-state index in [1.54, 1.807) is 0 Å². The Labute approximate surface area is 156 Å². The molecule has 1 N–H and O–H groups in total. The summed E-state index contributed by atoms with van der Waals surface area (Å²) in [6.45, 7) is 9.33. The summed E-state index contributed by atoms with van der Waals surface area (Å²) >= 11 is 0. The third-order valence-electron chi connectivity index (χ3n) is 6.73. The lowest BCUT2D eigenvalue weighted by atomic mass is 9.67. The summed E-state index contributed by atoms with van der Waals surface area (Å²) in [7, 11) is 0. The van der Waals surface area contributed by atoms with E-state index in [-0.39, 0.29) is 29.8 Å². The van der Waals surface area contributed by atoms with E-state index in [1.165, 1.54) is 0 Å². The predicted octanol–water partition coefficient (Wildman–Crippen LogP) is 2.91. The molecule has 0 bridgehead atoms. The molecular weight excluding hydrogens is 330 g/mol. The molecule has 6 nitrogen and oxygen atoms in total. The lowest BCUT2D eigenvalue weighted by Crippen LogP contribution is -2.51. The van der Waals surface area contributed by atoms with Crippen molar-refractivity contribution in [1.29, 1.82) is 0 Å². The van der Waals surface area contributed by atoms with Crippen molar-refractivity contribution in [2.24, 2.45) is 11.3 Å². The molecule has 6 heteroatoms. The summed E-state index contributed by atoms with van der Waals surface area (Å²) in [5.41, 5.74) is -0.569. The number of nitrogens with one attached hydrogen (secondary N) is 1. The van der Waals surface area contributed by atoms with Crippen molar-refractivity contribution in [2.75, 3.05) is 13.1 Å². The molecule has 0 radical (unpaired) electrons. The molecule has 2 aliphatic heterocycles. The molecule has 1 spiro atoms. The van der Waals surface area contributed by atoms with Crippen LogP contribution in [0.1, 0.15) is 72.6 Å². The largest absolute Gasteiger partial charge is 0.338 e. The molecule has 0 aromatic carbocycles. The molecule has 1 atom stereocenters. The number of carbonyl (C=O) groups excluding carboxylic acids is 3. The first-order chi connectivity index (χ1) is 12.1. The molecule has 0 aromatic rings. The summed E-state index contributed by atoms with van der Waals surface area (Å²) in [6.07, 6.45) is 6.32. The normalized spacial score (nSPS) is 32.9. The van der Waals surface area contributed by atoms with E-state index in [2.05, 4.69) is 26.1 Å². The monoisotopic (exact) mass is 363 g/mol. The van der Waals surface area contributed by atoms with Gasteiger partial charge in [0.25, 0.3) is 5.91 Å². The molecule has 2 heterocycles. The number of rotatable bonds is 2. The summed E-state index contributed by atoms with van der Waals surface area (Å²) in [5, 5.41) is 2.93. The maximum Gasteiger partial charge on any atom is 0.325 e. The lowest BCUT2D eigenvalue weighted by molar-refractivity contribution is -0.141. The van der Waals surface area contributed by atoms with Gasteiger partial charge in [0.2, 0.25) is 5.91 Å². The zero-order valence-corrected chi connectivity index (χ0v) is 16.6. The van der Waals surface area contributed by atoms with Crippen LogP contribution in [-0.2, 0) is 9.59 Å². The zero-order chi connectivity index (χ0) is 19.1. The summed E-state index contributed by atoms with van der Waals surface area (Å²) in [6, 6.07) is -0.213. The Morgan fingerprint density at radius 2 is 1.81 bits per heavy atom. The standard InChI is InChI=1S/C20H33N3O3/c1-14-7-5-6-12-22(14)16(24)13-23-17(25)20(21-18(23)26)10-8-15(9-11-20)19(2,3)4/h14-15H,5-13H2,1-4H3,(H,21,26). The van der Waals surface area contributed by atoms with Gasteiger partial charge in [-0.1, -0.05) is 20.8 Å². The van der Waals surface area contributed by atoms with Gasteiger partial charge in [0.1, 0.15) is 12.1 Å². The molecule has 4 amide bonds. The molecule has 2 saturated heterocycles. The Kier molecular flexibility index (Phi) is 5.06. The molecule has 3 fully saturated rings. The van der Waals surface area contributed by atoms with Gasteiger partial charge in [-0.3, -0.25) is 14.5 Å². The van der Waals surface area contributed by atoms with Gasteiger partial charge >= 0.3 is 6.03 Å². The van der Waals surface area contributed by atoms with Gasteiger partial charge < -0.3 is 10.2 Å². The van der Waals surface area contributed by atoms with Crippen LogP contribution >= 0.6 is 0 Å². The SMILES string of the molecule is CC1CCCCN1C(=O)CN1C(=O)NC2(CCC(C(C)(C)C)CC2)C1=O. The minimum Gasteiger partial charge on any atom is -0.338 e. The fraction of sp³-hybridized carbons (Fsp3) is 0.850. The third kappa shape index (κ3) is 3.47. The van der Waals surface area contributed by atoms with Crippen LogP contribution in [0.25, 0.3) is 0 Å². The number of likely N-dealkylation sites (tertiary alicyclic amines) is 1. The second-order valence-corrected chi connectivity index (χ2v) is 9.48. The van der Waals surface area contributed by atoms with Gasteiger partial charge in [0.15, 0.2) is 0 Å². The van der Waals surface area contributed by atoms with Crippen LogP contribution in [0.4, 0.5) is 4.79 Å². The number of amides is 4. The highest BCUT2D eigenvalue weighted by Crippen LogP contribution is 2.43. The second kappa shape index (κ2) is 6.86. The Morgan fingerprint density at radius 3 is 2.38 bits per heavy atom. The number of piperidine rings is 1. The van der Waals surface area contributed by atoms with Crippen molar-refractivity contribution in [3.05, 3.63) is 0 Å². The van der Waals surface area contributed by atoms with E-state index >= 15 is 0 Å². The van der Waals surface area contributed by atoms with Gasteiger partial charge in [-0.2, -0.15) is 0 Å². The summed E-state index contributed by atoms with van der Waals surface area (Å²) in [4.78, 5) is 41.1. The topological polar surface area (TPSA) is 69.7 Å². The van der Waals surface area contributed by atoms with Crippen LogP contribution in [0.5, 0.6) is 0 Å². The highest BCUT2D eigenvalue weighted by molar-refractivity contribution is 6.09. The fourth-order valence-electron chi connectivity index (χ4n) is 4.83. The quantitative estimate of drug-likeness (QED) is 0.767. The first kappa shape index (κ1) is 19.2. The molecule has 1 aliphatic carbocycles. The van der Waals surface area contributed by atoms with Crippen molar-refractivity contribution in [1.82, 2.24) is 15.1 Å². The van der Waals surface area contributed by atoms with Crippen LogP contribution < -0.4 is 5.32 Å². The Balaban J connectivity index is 1.65. The van der Waals surface area contributed by atoms with Crippen molar-refractivity contribution < 1.29 is 14.4 Å². The average Bonchev–Trinajstić information content (AvgIpc) is 2.79. The first-order valence-electron chi connectivity index (χ1n) is 10.1. The number of hydrogen-bond acceptors (Lipinski definition) is 3. The number of hydrogen-bond donors (Lipinski definition) is 1. The predicted molar refractivity (Wildman–Crippen MR) is 99.4 cm³/mol. The van der Waals surface area contributed by atoms with Crippen LogP contribution in [0.15, 0.2) is 0 Å². The number of urea groups is 1. The highest BCUT2D eigenvalue weighted by atomic mass is 16.2. The van der Waals surface area contributed by atoms with Gasteiger partial charge in [0.05, 0.1) is 0 Å². The molecule has 1 saturated carbocycles. The van der Waals surface area contributed by atoms with Crippen LogP contribution in [0, 0.1) is 11.3 Å². The number of imide groups is 1. The first-order valence-corrected chi connectivity index (χ1v) is 10.1. The zero-order valence-electron chi connectivity index (χ0n) is 16.6. The molecular formula is C20H33N3O3. The van der Waals surface area contributed by atoms with Crippen molar-refractivity contribution in [2.45, 2.75) is 84.2 Å². The van der Waals surface area contributed by atoms with Gasteiger partial charge in [-0.05, 0) is 63.2 Å². The molecule has 3 rings (SSSR count). The molecule has 26 heavy (non-hydrogen) atoms. The summed E-state index contributed by atoms with van der Waals surface area (Å²) in [5.74, 6) is 0.247. The van der Waals surface area contributed by atoms with Gasteiger partial charge in [-0.15, -0.1) is 0 Å². The molecule has 1 unspecified atom stereocenters. The molecule has 146 valence electrons. The minimum absolute atomic E-state index is 0.110. The minimum atomic E-state index is -0.785. The Bertz CT molecular complexity index is 588. The van der Waals surface area contributed by atoms with Crippen LogP contribution in [0.2, 0.25) is 0 Å². The average molecular weight is 364 g/mol. The highest BCUT2D eigenvalue weighted by Gasteiger charge is 2.53. The van der Waals surface area contributed by atoms with E-state index in [4.69, 9.17) is 0 Å². The van der Waals surface area contributed by atoms with Gasteiger partial charge in [-0.25, -0.2) is 4.79 Å². The van der Waals surface area contributed by atoms with E-state index in [0.29, 0.717) is 18.8 Å². The van der Waals surface area contributed by atoms with Crippen LogP contribution in [0.3, 0.4) is 0 Å². The van der Waals surface area contributed by atoms with Crippen molar-refractivity contribution >= 4 is 17.8 Å². The fourth-order valence-corrected chi connectivity index (χ4v) is 4.83.